The summed E-state index contributed by atoms with van der Waals surface area (Å²) in [4.78, 5) is 6.90. The highest BCUT2D eigenvalue weighted by Crippen LogP contribution is 2.07. The Hall–Kier alpha value is -1.66. The zero-order valence-electron chi connectivity index (χ0n) is 11.9. The number of pyridine rings is 1. The highest BCUT2D eigenvalue weighted by atomic mass is 16.5. The Morgan fingerprint density at radius 3 is 3.05 bits per heavy atom. The maximum atomic E-state index is 5.34. The average molecular weight is 275 g/mol. The van der Waals surface area contributed by atoms with Gasteiger partial charge in [-0.2, -0.15) is 4.98 Å². The first kappa shape index (κ1) is 13.3. The van der Waals surface area contributed by atoms with Gasteiger partial charge in [-0.05, 0) is 37.6 Å². The van der Waals surface area contributed by atoms with Crippen LogP contribution in [0.4, 0.5) is 5.95 Å². The molecule has 0 atom stereocenters. The van der Waals surface area contributed by atoms with E-state index in [9.17, 15) is 0 Å². The molecule has 0 aromatic carbocycles. The molecule has 0 spiro atoms. The van der Waals surface area contributed by atoms with E-state index in [1.165, 1.54) is 5.56 Å². The number of hydrogen-bond donors (Lipinski definition) is 1. The first-order valence-electron chi connectivity index (χ1n) is 7.18. The predicted octanol–water partition coefficient (Wildman–Crippen LogP) is 1.17. The van der Waals surface area contributed by atoms with Gasteiger partial charge in [0, 0.05) is 25.8 Å². The molecule has 1 aliphatic rings. The molecule has 0 aliphatic carbocycles. The van der Waals surface area contributed by atoms with Gasteiger partial charge >= 0.3 is 0 Å². The van der Waals surface area contributed by atoms with Crippen LogP contribution in [0.25, 0.3) is 5.65 Å². The van der Waals surface area contributed by atoms with Crippen molar-refractivity contribution in [2.45, 2.75) is 13.3 Å². The first-order chi connectivity index (χ1) is 9.81. The minimum Gasteiger partial charge on any atom is -0.379 e. The maximum absolute atomic E-state index is 5.34. The summed E-state index contributed by atoms with van der Waals surface area (Å²) in [5.41, 5.74) is 2.09. The van der Waals surface area contributed by atoms with Crippen LogP contribution in [0.2, 0.25) is 0 Å². The van der Waals surface area contributed by atoms with Gasteiger partial charge in [0.25, 0.3) is 0 Å². The summed E-state index contributed by atoms with van der Waals surface area (Å²) in [7, 11) is 0. The SMILES string of the molecule is Cc1ccn2nc(NCCCN3CCOCC3)nc2c1. The second kappa shape index (κ2) is 6.19. The molecule has 3 heterocycles. The molecule has 1 saturated heterocycles. The van der Waals surface area contributed by atoms with Crippen molar-refractivity contribution in [3.8, 4) is 0 Å². The lowest BCUT2D eigenvalue weighted by atomic mass is 10.3. The van der Waals surface area contributed by atoms with Crippen molar-refractivity contribution in [1.82, 2.24) is 19.5 Å². The fourth-order valence-electron chi connectivity index (χ4n) is 2.39. The van der Waals surface area contributed by atoms with Gasteiger partial charge in [0.2, 0.25) is 5.95 Å². The first-order valence-corrected chi connectivity index (χ1v) is 7.18. The number of morpholine rings is 1. The number of aromatic nitrogens is 3. The van der Waals surface area contributed by atoms with Crippen molar-refractivity contribution in [2.75, 3.05) is 44.7 Å². The number of aryl methyl sites for hydroxylation is 1. The zero-order chi connectivity index (χ0) is 13.8. The molecule has 6 nitrogen and oxygen atoms in total. The molecular weight excluding hydrogens is 254 g/mol. The number of fused-ring (bicyclic) bond motifs is 1. The highest BCUT2D eigenvalue weighted by Gasteiger charge is 2.09. The van der Waals surface area contributed by atoms with Gasteiger partial charge < -0.3 is 10.1 Å². The van der Waals surface area contributed by atoms with Crippen molar-refractivity contribution < 1.29 is 4.74 Å². The largest absolute Gasteiger partial charge is 0.379 e. The molecule has 0 bridgehead atoms. The summed E-state index contributed by atoms with van der Waals surface area (Å²) in [6.07, 6.45) is 3.03. The minimum absolute atomic E-state index is 0.706. The Bertz CT molecular complexity index is 562. The van der Waals surface area contributed by atoms with Crippen LogP contribution < -0.4 is 5.32 Å². The molecule has 0 saturated carbocycles. The molecule has 2 aromatic rings. The Kier molecular flexibility index (Phi) is 4.13. The number of anilines is 1. The van der Waals surface area contributed by atoms with E-state index in [0.29, 0.717) is 5.95 Å². The van der Waals surface area contributed by atoms with E-state index in [1.54, 1.807) is 4.52 Å². The Labute approximate surface area is 118 Å². The van der Waals surface area contributed by atoms with E-state index in [1.807, 2.05) is 18.3 Å². The average Bonchev–Trinajstić information content (AvgIpc) is 2.86. The lowest BCUT2D eigenvalue weighted by Gasteiger charge is -2.26. The van der Waals surface area contributed by atoms with Crippen LogP contribution in [0.1, 0.15) is 12.0 Å². The van der Waals surface area contributed by atoms with Crippen LogP contribution in [0.15, 0.2) is 18.3 Å². The van der Waals surface area contributed by atoms with Crippen LogP contribution >= 0.6 is 0 Å². The Morgan fingerprint density at radius 1 is 1.35 bits per heavy atom. The Morgan fingerprint density at radius 2 is 2.20 bits per heavy atom. The number of nitrogens with one attached hydrogen (secondary N) is 1. The molecule has 1 fully saturated rings. The van der Waals surface area contributed by atoms with Crippen molar-refractivity contribution in [3.05, 3.63) is 23.9 Å². The number of nitrogens with zero attached hydrogens (tertiary/aromatic N) is 4. The lowest BCUT2D eigenvalue weighted by molar-refractivity contribution is 0.0378. The lowest BCUT2D eigenvalue weighted by Crippen LogP contribution is -2.37. The van der Waals surface area contributed by atoms with Gasteiger partial charge in [-0.1, -0.05) is 0 Å². The molecule has 1 N–H and O–H groups in total. The molecule has 0 radical (unpaired) electrons. The van der Waals surface area contributed by atoms with Crippen molar-refractivity contribution in [2.24, 2.45) is 0 Å². The van der Waals surface area contributed by atoms with E-state index < -0.39 is 0 Å². The summed E-state index contributed by atoms with van der Waals surface area (Å²) >= 11 is 0. The Balaban J connectivity index is 1.47. The fourth-order valence-corrected chi connectivity index (χ4v) is 2.39. The third kappa shape index (κ3) is 3.26. The summed E-state index contributed by atoms with van der Waals surface area (Å²) in [5, 5.41) is 7.69. The van der Waals surface area contributed by atoms with Crippen LogP contribution in [0, 0.1) is 6.92 Å². The van der Waals surface area contributed by atoms with E-state index >= 15 is 0 Å². The standard InChI is InChI=1S/C14H21N5O/c1-12-3-6-19-13(11-12)16-14(17-19)15-4-2-5-18-7-9-20-10-8-18/h3,6,11H,2,4-5,7-10H2,1H3,(H,15,17). The van der Waals surface area contributed by atoms with Gasteiger partial charge in [-0.3, -0.25) is 4.90 Å². The normalized spacial score (nSPS) is 16.6. The van der Waals surface area contributed by atoms with Crippen molar-refractivity contribution in [3.63, 3.8) is 0 Å². The third-order valence-electron chi connectivity index (χ3n) is 3.53. The van der Waals surface area contributed by atoms with E-state index in [2.05, 4.69) is 27.2 Å². The fraction of sp³-hybridized carbons (Fsp3) is 0.571. The van der Waals surface area contributed by atoms with Gasteiger partial charge in [0.1, 0.15) is 0 Å². The van der Waals surface area contributed by atoms with Crippen LogP contribution in [0.3, 0.4) is 0 Å². The smallest absolute Gasteiger partial charge is 0.243 e. The van der Waals surface area contributed by atoms with Gasteiger partial charge in [0.15, 0.2) is 5.65 Å². The van der Waals surface area contributed by atoms with Gasteiger partial charge in [-0.25, -0.2) is 4.52 Å². The topological polar surface area (TPSA) is 54.7 Å². The second-order valence-electron chi connectivity index (χ2n) is 5.18. The number of hydrogen-bond acceptors (Lipinski definition) is 5. The predicted molar refractivity (Wildman–Crippen MR) is 78.1 cm³/mol. The molecule has 2 aromatic heterocycles. The quantitative estimate of drug-likeness (QED) is 0.830. The molecule has 108 valence electrons. The van der Waals surface area contributed by atoms with E-state index in [4.69, 9.17) is 4.74 Å². The van der Waals surface area contributed by atoms with Crippen molar-refractivity contribution >= 4 is 11.6 Å². The second-order valence-corrected chi connectivity index (χ2v) is 5.18. The minimum atomic E-state index is 0.706. The summed E-state index contributed by atoms with van der Waals surface area (Å²) in [5.74, 6) is 0.706. The van der Waals surface area contributed by atoms with Gasteiger partial charge in [-0.15, -0.1) is 5.10 Å². The van der Waals surface area contributed by atoms with E-state index in [-0.39, 0.29) is 0 Å². The molecule has 20 heavy (non-hydrogen) atoms. The third-order valence-corrected chi connectivity index (χ3v) is 3.53. The molecule has 1 aliphatic heterocycles. The maximum Gasteiger partial charge on any atom is 0.243 e. The molecular formula is C14H21N5O. The van der Waals surface area contributed by atoms with Crippen LogP contribution in [-0.4, -0.2) is 58.9 Å². The molecule has 3 rings (SSSR count). The van der Waals surface area contributed by atoms with Crippen molar-refractivity contribution in [1.29, 1.82) is 0 Å². The van der Waals surface area contributed by atoms with Crippen LogP contribution in [-0.2, 0) is 4.74 Å². The number of ether oxygens (including phenoxy) is 1. The molecule has 0 unspecified atom stereocenters. The summed E-state index contributed by atoms with van der Waals surface area (Å²) in [6.45, 7) is 7.87. The molecule has 0 amide bonds. The van der Waals surface area contributed by atoms with E-state index in [0.717, 1.165) is 51.5 Å². The van der Waals surface area contributed by atoms with Crippen LogP contribution in [0.5, 0.6) is 0 Å². The zero-order valence-corrected chi connectivity index (χ0v) is 11.9. The highest BCUT2D eigenvalue weighted by molar-refractivity contribution is 5.45. The summed E-state index contributed by atoms with van der Waals surface area (Å²) < 4.78 is 7.14. The monoisotopic (exact) mass is 275 g/mol. The molecule has 6 heteroatoms. The summed E-state index contributed by atoms with van der Waals surface area (Å²) in [6, 6.07) is 4.07. The number of rotatable bonds is 5. The van der Waals surface area contributed by atoms with Gasteiger partial charge in [0.05, 0.1) is 13.2 Å².